The topological polar surface area (TPSA) is 65.0 Å². The monoisotopic (exact) mass is 427 g/mol. The van der Waals surface area contributed by atoms with Gasteiger partial charge in [0.2, 0.25) is 0 Å². The van der Waals surface area contributed by atoms with Gasteiger partial charge >= 0.3 is 6.03 Å². The van der Waals surface area contributed by atoms with Crippen molar-refractivity contribution in [2.24, 2.45) is 5.92 Å². The lowest BCUT2D eigenvalue weighted by atomic mass is 9.60. The predicted octanol–water partition coefficient (Wildman–Crippen LogP) is 2.97. The second kappa shape index (κ2) is 9.08. The van der Waals surface area contributed by atoms with Gasteiger partial charge in [-0.1, -0.05) is 49.6 Å². The summed E-state index contributed by atoms with van der Waals surface area (Å²) in [6.07, 6.45) is 8.14. The molecule has 0 unspecified atom stereocenters. The van der Waals surface area contributed by atoms with Crippen LogP contribution in [-0.4, -0.2) is 78.0 Å². The summed E-state index contributed by atoms with van der Waals surface area (Å²) in [6.45, 7) is 4.35. The van der Waals surface area contributed by atoms with Gasteiger partial charge in [0.15, 0.2) is 0 Å². The molecule has 3 heterocycles. The fourth-order valence-electron chi connectivity index (χ4n) is 6.54. The number of nitrogens with one attached hydrogen (secondary N) is 1. The van der Waals surface area contributed by atoms with Crippen molar-refractivity contribution in [3.63, 3.8) is 0 Å². The number of carbonyl (C=O) groups is 1. The molecule has 3 saturated heterocycles. The zero-order valence-electron chi connectivity index (χ0n) is 18.5. The quantitative estimate of drug-likeness (QED) is 0.758. The summed E-state index contributed by atoms with van der Waals surface area (Å²) in [4.78, 5) is 17.5. The standard InChI is InChI=1S/C25H37N3O3/c29-16-22-23(20-7-3-1-4-8-20)25(28(22)15-19-11-13-31-14-12-19)17-27(18-25)24(30)26-21-9-5-2-6-10-21/h1,3-4,7-8,19,21-23,29H,2,5-6,9-18H2,(H,26,30)/t22-,23+/m1/s1. The second-order valence-corrected chi connectivity index (χ2v) is 10.1. The highest BCUT2D eigenvalue weighted by Gasteiger charge is 2.66. The van der Waals surface area contributed by atoms with Gasteiger partial charge in [0, 0.05) is 50.8 Å². The number of carbonyl (C=O) groups excluding carboxylic acids is 1. The van der Waals surface area contributed by atoms with Gasteiger partial charge in [-0.15, -0.1) is 0 Å². The maximum atomic E-state index is 12.9. The molecule has 2 atom stereocenters. The van der Waals surface area contributed by atoms with Crippen LogP contribution in [0, 0.1) is 5.92 Å². The average molecular weight is 428 g/mol. The Balaban J connectivity index is 1.30. The first-order chi connectivity index (χ1) is 15.2. The maximum Gasteiger partial charge on any atom is 0.317 e. The van der Waals surface area contributed by atoms with Gasteiger partial charge in [-0.2, -0.15) is 0 Å². The van der Waals surface area contributed by atoms with Gasteiger partial charge in [0.25, 0.3) is 0 Å². The number of nitrogens with zero attached hydrogens (tertiary/aromatic N) is 2. The van der Waals surface area contributed by atoms with Gasteiger partial charge in [-0.3, -0.25) is 4.90 Å². The van der Waals surface area contributed by atoms with E-state index in [4.69, 9.17) is 4.74 Å². The Labute approximate surface area is 185 Å². The molecule has 1 saturated carbocycles. The summed E-state index contributed by atoms with van der Waals surface area (Å²) in [5.74, 6) is 0.888. The molecule has 1 spiro atoms. The molecule has 0 aromatic heterocycles. The Kier molecular flexibility index (Phi) is 6.22. The van der Waals surface area contributed by atoms with Gasteiger partial charge in [0.05, 0.1) is 12.1 Å². The summed E-state index contributed by atoms with van der Waals surface area (Å²) < 4.78 is 5.56. The minimum absolute atomic E-state index is 0.0447. The lowest BCUT2D eigenvalue weighted by Gasteiger charge is -2.71. The van der Waals surface area contributed by atoms with Crippen LogP contribution in [0.25, 0.3) is 0 Å². The lowest BCUT2D eigenvalue weighted by Crippen LogP contribution is -2.85. The van der Waals surface area contributed by atoms with Crippen LogP contribution in [0.3, 0.4) is 0 Å². The number of ether oxygens (including phenoxy) is 1. The van der Waals surface area contributed by atoms with Crippen LogP contribution in [0.1, 0.15) is 56.4 Å². The third kappa shape index (κ3) is 3.98. The zero-order chi connectivity index (χ0) is 21.3. The van der Waals surface area contributed by atoms with Crippen LogP contribution in [0.5, 0.6) is 0 Å². The molecule has 0 bridgehead atoms. The van der Waals surface area contributed by atoms with E-state index in [1.807, 2.05) is 11.0 Å². The largest absolute Gasteiger partial charge is 0.395 e. The molecule has 5 rings (SSSR count). The third-order valence-corrected chi connectivity index (χ3v) is 8.23. The summed E-state index contributed by atoms with van der Waals surface area (Å²) in [6, 6.07) is 11.2. The number of hydrogen-bond acceptors (Lipinski definition) is 4. The van der Waals surface area contributed by atoms with Crippen molar-refractivity contribution in [3.8, 4) is 0 Å². The van der Waals surface area contributed by atoms with Crippen LogP contribution in [0.2, 0.25) is 0 Å². The average Bonchev–Trinajstić information content (AvgIpc) is 2.77. The van der Waals surface area contributed by atoms with E-state index in [2.05, 4.69) is 34.5 Å². The van der Waals surface area contributed by atoms with Crippen LogP contribution in [0.4, 0.5) is 4.79 Å². The molecule has 31 heavy (non-hydrogen) atoms. The molecular weight excluding hydrogens is 390 g/mol. The van der Waals surface area contributed by atoms with Gasteiger partial charge in [-0.25, -0.2) is 4.79 Å². The number of hydrogen-bond donors (Lipinski definition) is 2. The van der Waals surface area contributed by atoms with Crippen molar-refractivity contribution >= 4 is 6.03 Å². The number of amides is 2. The minimum atomic E-state index is -0.0447. The molecule has 6 heteroatoms. The fraction of sp³-hybridized carbons (Fsp3) is 0.720. The number of urea groups is 1. The number of aliphatic hydroxyl groups excluding tert-OH is 1. The van der Waals surface area contributed by atoms with Crippen LogP contribution in [0.15, 0.2) is 30.3 Å². The maximum absolute atomic E-state index is 12.9. The normalized spacial score (nSPS) is 29.4. The molecule has 170 valence electrons. The van der Waals surface area contributed by atoms with E-state index in [0.29, 0.717) is 12.0 Å². The van der Waals surface area contributed by atoms with E-state index in [0.717, 1.165) is 58.5 Å². The predicted molar refractivity (Wildman–Crippen MR) is 120 cm³/mol. The Morgan fingerprint density at radius 1 is 1.06 bits per heavy atom. The Morgan fingerprint density at radius 3 is 2.45 bits per heavy atom. The highest BCUT2D eigenvalue weighted by molar-refractivity contribution is 5.76. The molecule has 1 aromatic carbocycles. The lowest BCUT2D eigenvalue weighted by molar-refractivity contribution is -0.186. The van der Waals surface area contributed by atoms with E-state index in [1.165, 1.54) is 24.8 Å². The molecule has 0 radical (unpaired) electrons. The third-order valence-electron chi connectivity index (χ3n) is 8.23. The van der Waals surface area contributed by atoms with Crippen LogP contribution < -0.4 is 5.32 Å². The molecule has 4 fully saturated rings. The molecule has 1 aromatic rings. The van der Waals surface area contributed by atoms with Crippen molar-refractivity contribution < 1.29 is 14.6 Å². The number of benzene rings is 1. The van der Waals surface area contributed by atoms with Crippen molar-refractivity contribution in [3.05, 3.63) is 35.9 Å². The van der Waals surface area contributed by atoms with Crippen LogP contribution >= 0.6 is 0 Å². The van der Waals surface area contributed by atoms with Gasteiger partial charge in [0.1, 0.15) is 0 Å². The van der Waals surface area contributed by atoms with E-state index in [9.17, 15) is 9.90 Å². The number of rotatable bonds is 5. The molecule has 6 nitrogen and oxygen atoms in total. The van der Waals surface area contributed by atoms with E-state index >= 15 is 0 Å². The Bertz CT molecular complexity index is 740. The van der Waals surface area contributed by atoms with Crippen molar-refractivity contribution in [2.75, 3.05) is 39.5 Å². The highest BCUT2D eigenvalue weighted by Crippen LogP contribution is 2.54. The Hall–Kier alpha value is -1.63. The minimum Gasteiger partial charge on any atom is -0.395 e. The molecule has 2 amide bonds. The summed E-state index contributed by atoms with van der Waals surface area (Å²) in [5.41, 5.74) is 1.24. The first-order valence-corrected chi connectivity index (χ1v) is 12.3. The van der Waals surface area contributed by atoms with Gasteiger partial charge in [-0.05, 0) is 37.2 Å². The summed E-state index contributed by atoms with van der Waals surface area (Å²) >= 11 is 0. The SMILES string of the molecule is O=C(NC1CCCCC1)N1CC2(C1)[C@@H](c1ccccc1)[C@@H](CO)N2CC1CCOCC1. The van der Waals surface area contributed by atoms with Crippen LogP contribution in [-0.2, 0) is 4.74 Å². The van der Waals surface area contributed by atoms with E-state index in [-0.39, 0.29) is 30.1 Å². The molecule has 2 N–H and O–H groups in total. The van der Waals surface area contributed by atoms with E-state index in [1.54, 1.807) is 0 Å². The molecular formula is C25H37N3O3. The molecule has 3 aliphatic heterocycles. The Morgan fingerprint density at radius 2 is 1.77 bits per heavy atom. The molecule has 4 aliphatic rings. The summed E-state index contributed by atoms with van der Waals surface area (Å²) in [5, 5.41) is 13.6. The molecule has 1 aliphatic carbocycles. The smallest absolute Gasteiger partial charge is 0.317 e. The first-order valence-electron chi connectivity index (χ1n) is 12.3. The second-order valence-electron chi connectivity index (χ2n) is 10.1. The van der Waals surface area contributed by atoms with Gasteiger partial charge < -0.3 is 20.1 Å². The number of aliphatic hydroxyl groups is 1. The fourth-order valence-corrected chi connectivity index (χ4v) is 6.54. The van der Waals surface area contributed by atoms with Crippen molar-refractivity contribution in [1.29, 1.82) is 0 Å². The zero-order valence-corrected chi connectivity index (χ0v) is 18.5. The highest BCUT2D eigenvalue weighted by atomic mass is 16.5. The number of likely N-dealkylation sites (tertiary alicyclic amines) is 2. The first kappa shape index (κ1) is 21.2. The van der Waals surface area contributed by atoms with Crippen molar-refractivity contribution in [2.45, 2.75) is 68.5 Å². The van der Waals surface area contributed by atoms with E-state index < -0.39 is 0 Å². The van der Waals surface area contributed by atoms with Crippen molar-refractivity contribution in [1.82, 2.24) is 15.1 Å². The summed E-state index contributed by atoms with van der Waals surface area (Å²) in [7, 11) is 0.